The third-order valence-electron chi connectivity index (χ3n) is 4.65. The lowest BCUT2D eigenvalue weighted by molar-refractivity contribution is -0.147. The lowest BCUT2D eigenvalue weighted by Gasteiger charge is -2.20. The van der Waals surface area contributed by atoms with Crippen LogP contribution in [0.2, 0.25) is 0 Å². The molecule has 1 aromatic rings. The Balaban J connectivity index is 1.94. The molecule has 1 aliphatic carbocycles. The Bertz CT molecular complexity index is 752. The average Bonchev–Trinajstić information content (AvgIpc) is 3.22. The van der Waals surface area contributed by atoms with Gasteiger partial charge in [0.1, 0.15) is 12.6 Å². The molecule has 26 heavy (non-hydrogen) atoms. The highest BCUT2D eigenvalue weighted by Gasteiger charge is 2.42. The van der Waals surface area contributed by atoms with Crippen molar-refractivity contribution < 1.29 is 33.3 Å². The number of carbonyl (C=O) groups is 3. The maximum absolute atomic E-state index is 12.5. The number of hydrogen-bond acceptors (Lipinski definition) is 7. The van der Waals surface area contributed by atoms with Crippen molar-refractivity contribution in [3.63, 3.8) is 0 Å². The normalized spacial score (nSPS) is 16.7. The lowest BCUT2D eigenvalue weighted by atomic mass is 10.1. The standard InChI is InChI=1S/C18H21NO7/c1-23-12-8-11-14(17(25-3)16(12)24-2)15(21)18(22)19(11)9-13(20)26-10-6-4-5-7-10/h8,10H,4-7,9H2,1-3H3. The predicted octanol–water partition coefficient (Wildman–Crippen LogP) is 1.73. The van der Waals surface area contributed by atoms with Crippen LogP contribution in [0.15, 0.2) is 6.07 Å². The maximum atomic E-state index is 12.5. The van der Waals surface area contributed by atoms with Crippen LogP contribution in [-0.2, 0) is 14.3 Å². The summed E-state index contributed by atoms with van der Waals surface area (Å²) in [7, 11) is 4.21. The maximum Gasteiger partial charge on any atom is 0.326 e. The Morgan fingerprint density at radius 1 is 1.08 bits per heavy atom. The molecule has 1 aromatic carbocycles. The number of esters is 1. The zero-order chi connectivity index (χ0) is 18.8. The molecule has 140 valence electrons. The highest BCUT2D eigenvalue weighted by molar-refractivity contribution is 6.53. The van der Waals surface area contributed by atoms with Gasteiger partial charge in [0.2, 0.25) is 5.75 Å². The number of anilines is 1. The molecular formula is C18H21NO7. The van der Waals surface area contributed by atoms with Gasteiger partial charge in [-0.05, 0) is 25.7 Å². The van der Waals surface area contributed by atoms with E-state index in [4.69, 9.17) is 18.9 Å². The number of benzene rings is 1. The number of ketones is 1. The molecule has 0 saturated heterocycles. The Kier molecular flexibility index (Phi) is 5.01. The average molecular weight is 363 g/mol. The van der Waals surface area contributed by atoms with Crippen LogP contribution in [0, 0.1) is 0 Å². The SMILES string of the molecule is COc1cc2c(c(OC)c1OC)C(=O)C(=O)N2CC(=O)OC1CCCC1. The number of carbonyl (C=O) groups excluding carboxylic acids is 3. The fraction of sp³-hybridized carbons (Fsp3) is 0.500. The minimum absolute atomic E-state index is 0.0591. The van der Waals surface area contributed by atoms with Crippen molar-refractivity contribution in [1.82, 2.24) is 0 Å². The number of Topliss-reactive ketones (excluding diaryl/α,β-unsaturated/α-hetero) is 1. The third kappa shape index (κ3) is 2.95. The van der Waals surface area contributed by atoms with Gasteiger partial charge in [-0.15, -0.1) is 0 Å². The van der Waals surface area contributed by atoms with Crippen molar-refractivity contribution in [2.45, 2.75) is 31.8 Å². The van der Waals surface area contributed by atoms with Crippen LogP contribution >= 0.6 is 0 Å². The largest absolute Gasteiger partial charge is 0.493 e. The molecule has 1 amide bonds. The van der Waals surface area contributed by atoms with Crippen LogP contribution in [-0.4, -0.2) is 51.6 Å². The van der Waals surface area contributed by atoms with Gasteiger partial charge in [0.25, 0.3) is 11.7 Å². The van der Waals surface area contributed by atoms with Gasteiger partial charge in [0, 0.05) is 6.07 Å². The Labute approximate surface area is 150 Å². The summed E-state index contributed by atoms with van der Waals surface area (Å²) in [5.74, 6) is -1.50. The Hall–Kier alpha value is -2.77. The highest BCUT2D eigenvalue weighted by atomic mass is 16.5. The first-order chi connectivity index (χ1) is 12.5. The summed E-state index contributed by atoms with van der Waals surface area (Å²) in [6, 6.07) is 1.49. The smallest absolute Gasteiger partial charge is 0.326 e. The summed E-state index contributed by atoms with van der Waals surface area (Å²) < 4.78 is 21.2. The molecule has 3 rings (SSSR count). The van der Waals surface area contributed by atoms with Crippen LogP contribution in [0.4, 0.5) is 5.69 Å². The van der Waals surface area contributed by atoms with E-state index < -0.39 is 17.7 Å². The summed E-state index contributed by atoms with van der Waals surface area (Å²) in [4.78, 5) is 38.2. The highest BCUT2D eigenvalue weighted by Crippen LogP contribution is 2.47. The van der Waals surface area contributed by atoms with Gasteiger partial charge in [0.15, 0.2) is 11.5 Å². The molecule has 0 aromatic heterocycles. The number of fused-ring (bicyclic) bond motifs is 1. The second-order valence-corrected chi connectivity index (χ2v) is 6.16. The fourth-order valence-electron chi connectivity index (χ4n) is 3.43. The van der Waals surface area contributed by atoms with E-state index in [-0.39, 0.29) is 35.4 Å². The molecule has 0 atom stereocenters. The van der Waals surface area contributed by atoms with E-state index in [0.717, 1.165) is 30.6 Å². The lowest BCUT2D eigenvalue weighted by Crippen LogP contribution is -2.36. The second kappa shape index (κ2) is 7.23. The first kappa shape index (κ1) is 18.0. The molecule has 1 aliphatic heterocycles. The van der Waals surface area contributed by atoms with Crippen molar-refractivity contribution >= 4 is 23.3 Å². The quantitative estimate of drug-likeness (QED) is 0.561. The van der Waals surface area contributed by atoms with Crippen molar-refractivity contribution in [2.24, 2.45) is 0 Å². The van der Waals surface area contributed by atoms with Gasteiger partial charge in [-0.3, -0.25) is 19.3 Å². The third-order valence-corrected chi connectivity index (χ3v) is 4.65. The predicted molar refractivity (Wildman–Crippen MR) is 91.1 cm³/mol. The zero-order valence-electron chi connectivity index (χ0n) is 15.0. The molecule has 0 N–H and O–H groups in total. The van der Waals surface area contributed by atoms with E-state index in [2.05, 4.69) is 0 Å². The van der Waals surface area contributed by atoms with E-state index in [1.807, 2.05) is 0 Å². The summed E-state index contributed by atoms with van der Waals surface area (Å²) in [6.45, 7) is -0.341. The number of hydrogen-bond donors (Lipinski definition) is 0. The fourth-order valence-corrected chi connectivity index (χ4v) is 3.43. The molecule has 0 radical (unpaired) electrons. The monoisotopic (exact) mass is 363 g/mol. The summed E-state index contributed by atoms with van der Waals surface area (Å²) in [5, 5.41) is 0. The van der Waals surface area contributed by atoms with Crippen LogP contribution in [0.1, 0.15) is 36.0 Å². The van der Waals surface area contributed by atoms with Gasteiger partial charge >= 0.3 is 5.97 Å². The molecular weight excluding hydrogens is 342 g/mol. The molecule has 0 unspecified atom stereocenters. The van der Waals surface area contributed by atoms with Crippen molar-refractivity contribution in [2.75, 3.05) is 32.8 Å². The van der Waals surface area contributed by atoms with Crippen LogP contribution < -0.4 is 19.1 Å². The molecule has 1 heterocycles. The molecule has 8 nitrogen and oxygen atoms in total. The number of rotatable bonds is 6. The molecule has 8 heteroatoms. The zero-order valence-corrected chi connectivity index (χ0v) is 15.0. The van der Waals surface area contributed by atoms with Gasteiger partial charge in [-0.1, -0.05) is 0 Å². The van der Waals surface area contributed by atoms with E-state index >= 15 is 0 Å². The van der Waals surface area contributed by atoms with E-state index in [9.17, 15) is 14.4 Å². The van der Waals surface area contributed by atoms with Crippen LogP contribution in [0.25, 0.3) is 0 Å². The van der Waals surface area contributed by atoms with E-state index in [0.29, 0.717) is 5.75 Å². The van der Waals surface area contributed by atoms with Crippen molar-refractivity contribution in [1.29, 1.82) is 0 Å². The second-order valence-electron chi connectivity index (χ2n) is 6.16. The topological polar surface area (TPSA) is 91.4 Å². The van der Waals surface area contributed by atoms with Gasteiger partial charge < -0.3 is 18.9 Å². The number of ether oxygens (including phenoxy) is 4. The minimum Gasteiger partial charge on any atom is -0.493 e. The van der Waals surface area contributed by atoms with Crippen molar-refractivity contribution in [3.05, 3.63) is 11.6 Å². The number of amides is 1. The first-order valence-corrected chi connectivity index (χ1v) is 8.40. The summed E-state index contributed by atoms with van der Waals surface area (Å²) in [6.07, 6.45) is 3.59. The van der Waals surface area contributed by atoms with Gasteiger partial charge in [-0.25, -0.2) is 0 Å². The summed E-state index contributed by atoms with van der Waals surface area (Å²) >= 11 is 0. The molecule has 1 saturated carbocycles. The number of nitrogens with zero attached hydrogens (tertiary/aromatic N) is 1. The molecule has 0 bridgehead atoms. The van der Waals surface area contributed by atoms with Gasteiger partial charge in [0.05, 0.1) is 32.6 Å². The number of methoxy groups -OCH3 is 3. The first-order valence-electron chi connectivity index (χ1n) is 8.40. The van der Waals surface area contributed by atoms with E-state index in [1.54, 1.807) is 0 Å². The van der Waals surface area contributed by atoms with E-state index in [1.165, 1.54) is 27.4 Å². The van der Waals surface area contributed by atoms with Gasteiger partial charge in [-0.2, -0.15) is 0 Å². The molecule has 2 aliphatic rings. The molecule has 0 spiro atoms. The van der Waals surface area contributed by atoms with Crippen LogP contribution in [0.3, 0.4) is 0 Å². The Morgan fingerprint density at radius 2 is 1.73 bits per heavy atom. The van der Waals surface area contributed by atoms with Crippen molar-refractivity contribution in [3.8, 4) is 17.2 Å². The Morgan fingerprint density at radius 3 is 2.31 bits per heavy atom. The summed E-state index contributed by atoms with van der Waals surface area (Å²) in [5.41, 5.74) is 0.307. The van der Waals surface area contributed by atoms with Crippen LogP contribution in [0.5, 0.6) is 17.2 Å². The minimum atomic E-state index is -0.808. The molecule has 1 fully saturated rings.